The number of carbonyl (C=O) groups is 1. The Morgan fingerprint density at radius 2 is 1.55 bits per heavy atom. The van der Waals surface area contributed by atoms with E-state index in [2.05, 4.69) is 0 Å². The summed E-state index contributed by atoms with van der Waals surface area (Å²) in [5.74, 6) is -0.320. The summed E-state index contributed by atoms with van der Waals surface area (Å²) in [6.07, 6.45) is 3.51. The van der Waals surface area contributed by atoms with Gasteiger partial charge in [-0.3, -0.25) is 4.98 Å². The number of aliphatic carboxylic acids is 1. The van der Waals surface area contributed by atoms with Gasteiger partial charge in [-0.25, -0.2) is 4.98 Å². The van der Waals surface area contributed by atoms with E-state index in [9.17, 15) is 9.90 Å². The van der Waals surface area contributed by atoms with Crippen molar-refractivity contribution < 1.29 is 44.2 Å². The van der Waals surface area contributed by atoms with E-state index in [-0.39, 0.29) is 36.2 Å². The number of carbonyl (C=O) groups excluding carboxylic acids is 1. The van der Waals surface area contributed by atoms with E-state index >= 15 is 0 Å². The molecule has 144 valence electrons. The average Bonchev–Trinajstić information content (AvgIpc) is 2.74. The number of carboxylic acids is 1. The van der Waals surface area contributed by atoms with Crippen molar-refractivity contribution in [1.29, 1.82) is 0 Å². The van der Waals surface area contributed by atoms with Crippen molar-refractivity contribution in [3.63, 3.8) is 0 Å². The van der Waals surface area contributed by atoms with Gasteiger partial charge in [0.1, 0.15) is 5.03 Å². The van der Waals surface area contributed by atoms with Crippen molar-refractivity contribution in [1.82, 2.24) is 9.97 Å². The Hall–Kier alpha value is -1.70. The molecule has 7 heteroatoms. The molecule has 0 N–H and O–H groups in total. The zero-order chi connectivity index (χ0) is 19.6. The van der Waals surface area contributed by atoms with Crippen LogP contribution in [0.5, 0.6) is 0 Å². The van der Waals surface area contributed by atoms with Gasteiger partial charge in [0.05, 0.1) is 30.2 Å². The zero-order valence-electron chi connectivity index (χ0n) is 16.4. The van der Waals surface area contributed by atoms with E-state index in [0.717, 1.165) is 46.1 Å². The van der Waals surface area contributed by atoms with Crippen LogP contribution in [0.4, 0.5) is 0 Å². The molecule has 0 aliphatic heterocycles. The number of rotatable bonds is 10. The molecule has 0 fully saturated rings. The molecule has 3 aromatic rings. The van der Waals surface area contributed by atoms with Gasteiger partial charge in [0.15, 0.2) is 0 Å². The number of thioether (sulfide) groups is 1. The second-order valence-corrected chi connectivity index (χ2v) is 7.23. The van der Waals surface area contributed by atoms with Crippen molar-refractivity contribution in [3.05, 3.63) is 66.9 Å². The van der Waals surface area contributed by atoms with Gasteiger partial charge < -0.3 is 14.6 Å². The summed E-state index contributed by atoms with van der Waals surface area (Å²) in [7, 11) is 0. The van der Waals surface area contributed by atoms with Gasteiger partial charge in [-0.1, -0.05) is 60.7 Å². The first-order chi connectivity index (χ1) is 13.7. The number of benzene rings is 2. The van der Waals surface area contributed by atoms with Crippen LogP contribution in [-0.4, -0.2) is 34.9 Å². The molecule has 0 aliphatic carbocycles. The smallest absolute Gasteiger partial charge is 0.548 e. The molecule has 0 bridgehead atoms. The van der Waals surface area contributed by atoms with Crippen LogP contribution >= 0.6 is 11.8 Å². The van der Waals surface area contributed by atoms with Gasteiger partial charge in [0.25, 0.3) is 0 Å². The zero-order valence-corrected chi connectivity index (χ0v) is 19.2. The normalized spacial score (nSPS) is 10.3. The fraction of sp³-hybridized carbons (Fsp3) is 0.227. The number of hydrogen-bond acceptors (Lipinski definition) is 6. The largest absolute Gasteiger partial charge is 1.00 e. The number of ether oxygens (including phenoxy) is 1. The summed E-state index contributed by atoms with van der Waals surface area (Å²) in [4.78, 5) is 19.8. The van der Waals surface area contributed by atoms with Crippen LogP contribution in [-0.2, 0) is 9.53 Å². The van der Waals surface area contributed by atoms with Crippen LogP contribution < -0.4 is 34.7 Å². The van der Waals surface area contributed by atoms with E-state index < -0.39 is 5.97 Å². The maximum atomic E-state index is 10.3. The molecule has 1 heterocycles. The molecule has 5 nitrogen and oxygen atoms in total. The summed E-state index contributed by atoms with van der Waals surface area (Å²) in [6.45, 7) is 0.0719. The number of aromatic nitrogens is 2. The van der Waals surface area contributed by atoms with Gasteiger partial charge >= 0.3 is 29.6 Å². The van der Waals surface area contributed by atoms with E-state index in [4.69, 9.17) is 14.7 Å². The van der Waals surface area contributed by atoms with E-state index in [0.29, 0.717) is 6.61 Å². The summed E-state index contributed by atoms with van der Waals surface area (Å²) in [6, 6.07) is 20.1. The van der Waals surface area contributed by atoms with Gasteiger partial charge in [-0.05, 0) is 18.6 Å². The summed E-state index contributed by atoms with van der Waals surface area (Å²) < 4.78 is 4.99. The number of hydrogen-bond donors (Lipinski definition) is 0. The molecule has 0 aliphatic rings. The van der Waals surface area contributed by atoms with Crippen molar-refractivity contribution in [2.75, 3.05) is 19.0 Å². The van der Waals surface area contributed by atoms with Crippen molar-refractivity contribution in [2.45, 2.75) is 17.9 Å². The van der Waals surface area contributed by atoms with Crippen LogP contribution in [0.25, 0.3) is 22.5 Å². The third kappa shape index (κ3) is 7.57. The average molecular weight is 416 g/mol. The maximum Gasteiger partial charge on any atom is 1.00 e. The first-order valence-corrected chi connectivity index (χ1v) is 10.1. The minimum absolute atomic E-state index is 0. The molecule has 0 spiro atoms. The number of nitrogens with zero attached hydrogens (tertiary/aromatic N) is 2. The molecule has 1 aromatic heterocycles. The molecular formula is C22H21N2NaO3S. The van der Waals surface area contributed by atoms with Gasteiger partial charge in [-0.15, -0.1) is 11.8 Å². The minimum Gasteiger partial charge on any atom is -0.548 e. The Morgan fingerprint density at radius 3 is 2.17 bits per heavy atom. The predicted octanol–water partition coefficient (Wildman–Crippen LogP) is 0.453. The molecule has 3 rings (SSSR count). The Bertz CT molecular complexity index is 895. The summed E-state index contributed by atoms with van der Waals surface area (Å²) in [5.41, 5.74) is 3.81. The quantitative estimate of drug-likeness (QED) is 0.272. The molecule has 0 atom stereocenters. The van der Waals surface area contributed by atoms with Crippen LogP contribution in [0.2, 0.25) is 0 Å². The van der Waals surface area contributed by atoms with Crippen LogP contribution in [0.1, 0.15) is 12.8 Å². The Kier molecular flexibility index (Phi) is 10.4. The molecule has 0 amide bonds. The topological polar surface area (TPSA) is 75.1 Å². The molecule has 0 unspecified atom stereocenters. The van der Waals surface area contributed by atoms with Gasteiger partial charge in [0, 0.05) is 17.7 Å². The van der Waals surface area contributed by atoms with Gasteiger partial charge in [0.2, 0.25) is 0 Å². The molecular weight excluding hydrogens is 395 g/mol. The SMILES string of the molecule is O=C([O-])COCCCCSc1cnc(-c2ccccc2)c(-c2ccccc2)n1.[Na+]. The second-order valence-electron chi connectivity index (χ2n) is 6.12. The number of unbranched alkanes of at least 4 members (excludes halogenated alkanes) is 1. The van der Waals surface area contributed by atoms with Gasteiger partial charge in [-0.2, -0.15) is 0 Å². The van der Waals surface area contributed by atoms with Crippen molar-refractivity contribution in [2.24, 2.45) is 0 Å². The molecule has 0 saturated heterocycles. The van der Waals surface area contributed by atoms with Crippen LogP contribution in [0, 0.1) is 0 Å². The minimum atomic E-state index is -1.18. The summed E-state index contributed by atoms with van der Waals surface area (Å²) in [5, 5.41) is 11.2. The van der Waals surface area contributed by atoms with E-state index in [1.54, 1.807) is 11.8 Å². The third-order valence-electron chi connectivity index (χ3n) is 4.00. The standard InChI is InChI=1S/C22H22N2O3S.Na/c25-20(26)16-27-13-7-8-14-28-19-15-23-21(17-9-3-1-4-10-17)22(24-19)18-11-5-2-6-12-18;/h1-6,9-12,15H,7-8,13-14,16H2,(H,25,26);/q;+1/p-1. The molecule has 0 radical (unpaired) electrons. The van der Waals surface area contributed by atoms with E-state index in [1.807, 2.05) is 66.9 Å². The van der Waals surface area contributed by atoms with E-state index in [1.165, 1.54) is 0 Å². The molecule has 29 heavy (non-hydrogen) atoms. The molecule has 0 saturated carbocycles. The first-order valence-electron chi connectivity index (χ1n) is 9.12. The summed E-state index contributed by atoms with van der Waals surface area (Å²) >= 11 is 1.64. The van der Waals surface area contributed by atoms with Crippen LogP contribution in [0.15, 0.2) is 71.9 Å². The fourth-order valence-electron chi connectivity index (χ4n) is 2.69. The maximum absolute atomic E-state index is 10.3. The third-order valence-corrected chi connectivity index (χ3v) is 4.98. The van der Waals surface area contributed by atoms with Crippen molar-refractivity contribution in [3.8, 4) is 22.5 Å². The van der Waals surface area contributed by atoms with Crippen molar-refractivity contribution >= 4 is 17.7 Å². The fourth-order valence-corrected chi connectivity index (χ4v) is 3.53. The second kappa shape index (κ2) is 12.8. The monoisotopic (exact) mass is 416 g/mol. The Labute approximate surface area is 197 Å². The Morgan fingerprint density at radius 1 is 0.931 bits per heavy atom. The molecule has 2 aromatic carbocycles. The first kappa shape index (κ1) is 23.6. The predicted molar refractivity (Wildman–Crippen MR) is 109 cm³/mol. The van der Waals surface area contributed by atoms with Crippen LogP contribution in [0.3, 0.4) is 0 Å². The Balaban J connectivity index is 0.00000300. The number of carboxylic acid groups (broad SMARTS) is 1.